The molecule has 1 N–H and O–H groups in total. The van der Waals surface area contributed by atoms with Gasteiger partial charge in [-0.1, -0.05) is 6.92 Å². The van der Waals surface area contributed by atoms with Crippen LogP contribution in [0.4, 0.5) is 0 Å². The second-order valence-corrected chi connectivity index (χ2v) is 3.54. The summed E-state index contributed by atoms with van der Waals surface area (Å²) < 4.78 is 0. The minimum Gasteiger partial charge on any atom is -0.313 e. The van der Waals surface area contributed by atoms with E-state index >= 15 is 0 Å². The van der Waals surface area contributed by atoms with Gasteiger partial charge in [-0.05, 0) is 24.9 Å². The maximum absolute atomic E-state index is 4.06. The predicted octanol–water partition coefficient (Wildman–Crippen LogP) is 1.33. The summed E-state index contributed by atoms with van der Waals surface area (Å²) in [6.45, 7) is 3.35. The van der Waals surface area contributed by atoms with Crippen molar-refractivity contribution in [1.29, 1.82) is 0 Å². The lowest BCUT2D eigenvalue weighted by Crippen LogP contribution is -2.24. The summed E-state index contributed by atoms with van der Waals surface area (Å²) in [4.78, 5) is 8.12. The smallest absolute Gasteiger partial charge is 0.115 e. The number of nitrogens with zero attached hydrogens (tertiary/aromatic N) is 2. The monoisotopic (exact) mass is 177 g/mol. The van der Waals surface area contributed by atoms with Crippen molar-refractivity contribution in [2.75, 3.05) is 6.54 Å². The molecular weight excluding hydrogens is 162 g/mol. The average molecular weight is 177 g/mol. The largest absolute Gasteiger partial charge is 0.313 e. The molecule has 0 amide bonds. The first kappa shape index (κ1) is 8.63. The van der Waals surface area contributed by atoms with Crippen molar-refractivity contribution in [2.45, 2.75) is 31.7 Å². The van der Waals surface area contributed by atoms with E-state index in [4.69, 9.17) is 0 Å². The SMILES string of the molecule is CCC1NCCC1c1cncnc1. The van der Waals surface area contributed by atoms with Crippen molar-refractivity contribution >= 4 is 0 Å². The summed E-state index contributed by atoms with van der Waals surface area (Å²) >= 11 is 0. The van der Waals surface area contributed by atoms with Crippen molar-refractivity contribution < 1.29 is 0 Å². The van der Waals surface area contributed by atoms with Crippen LogP contribution in [0.3, 0.4) is 0 Å². The molecule has 0 aliphatic carbocycles. The molecule has 2 atom stereocenters. The van der Waals surface area contributed by atoms with Gasteiger partial charge in [0.2, 0.25) is 0 Å². The fourth-order valence-electron chi connectivity index (χ4n) is 2.10. The molecule has 2 heterocycles. The summed E-state index contributed by atoms with van der Waals surface area (Å²) in [6, 6.07) is 0.617. The zero-order valence-electron chi connectivity index (χ0n) is 7.90. The Hall–Kier alpha value is -0.960. The van der Waals surface area contributed by atoms with E-state index in [1.807, 2.05) is 12.4 Å². The Balaban J connectivity index is 2.16. The van der Waals surface area contributed by atoms with Gasteiger partial charge in [-0.15, -0.1) is 0 Å². The molecule has 3 heteroatoms. The minimum absolute atomic E-state index is 0.617. The molecule has 0 bridgehead atoms. The van der Waals surface area contributed by atoms with Crippen molar-refractivity contribution in [1.82, 2.24) is 15.3 Å². The van der Waals surface area contributed by atoms with Crippen LogP contribution in [0.1, 0.15) is 31.2 Å². The third-order valence-electron chi connectivity index (χ3n) is 2.80. The van der Waals surface area contributed by atoms with Gasteiger partial charge in [0.1, 0.15) is 6.33 Å². The van der Waals surface area contributed by atoms with Crippen LogP contribution in [-0.2, 0) is 0 Å². The molecule has 1 aromatic rings. The highest BCUT2D eigenvalue weighted by atomic mass is 15.0. The van der Waals surface area contributed by atoms with Gasteiger partial charge in [0.25, 0.3) is 0 Å². The topological polar surface area (TPSA) is 37.8 Å². The van der Waals surface area contributed by atoms with E-state index < -0.39 is 0 Å². The van der Waals surface area contributed by atoms with Crippen molar-refractivity contribution in [3.8, 4) is 0 Å². The predicted molar refractivity (Wildman–Crippen MR) is 51.5 cm³/mol. The molecule has 0 saturated carbocycles. The molecule has 1 saturated heterocycles. The highest BCUT2D eigenvalue weighted by Crippen LogP contribution is 2.27. The van der Waals surface area contributed by atoms with Gasteiger partial charge >= 0.3 is 0 Å². The number of rotatable bonds is 2. The van der Waals surface area contributed by atoms with E-state index in [2.05, 4.69) is 22.2 Å². The Labute approximate surface area is 78.6 Å². The summed E-state index contributed by atoms with van der Waals surface area (Å²) in [5.41, 5.74) is 1.28. The maximum Gasteiger partial charge on any atom is 0.115 e. The first-order chi connectivity index (χ1) is 6.42. The number of hydrogen-bond acceptors (Lipinski definition) is 3. The lowest BCUT2D eigenvalue weighted by molar-refractivity contribution is 0.529. The third kappa shape index (κ3) is 1.70. The summed E-state index contributed by atoms with van der Waals surface area (Å²) in [6.07, 6.45) is 7.86. The van der Waals surface area contributed by atoms with Crippen LogP contribution in [0.25, 0.3) is 0 Å². The van der Waals surface area contributed by atoms with Crippen LogP contribution < -0.4 is 5.32 Å². The highest BCUT2D eigenvalue weighted by molar-refractivity contribution is 5.15. The molecule has 70 valence electrons. The van der Waals surface area contributed by atoms with Gasteiger partial charge < -0.3 is 5.32 Å². The normalized spacial score (nSPS) is 27.8. The second kappa shape index (κ2) is 3.83. The van der Waals surface area contributed by atoms with E-state index in [0.29, 0.717) is 12.0 Å². The lowest BCUT2D eigenvalue weighted by atomic mass is 9.93. The zero-order chi connectivity index (χ0) is 9.10. The van der Waals surface area contributed by atoms with Gasteiger partial charge in [0, 0.05) is 24.4 Å². The quantitative estimate of drug-likeness (QED) is 0.740. The van der Waals surface area contributed by atoms with Gasteiger partial charge in [-0.25, -0.2) is 9.97 Å². The van der Waals surface area contributed by atoms with Crippen LogP contribution in [0, 0.1) is 0 Å². The number of hydrogen-bond donors (Lipinski definition) is 1. The maximum atomic E-state index is 4.06. The molecule has 3 nitrogen and oxygen atoms in total. The van der Waals surface area contributed by atoms with Crippen molar-refractivity contribution in [3.63, 3.8) is 0 Å². The van der Waals surface area contributed by atoms with Gasteiger partial charge in [0.15, 0.2) is 0 Å². The highest BCUT2D eigenvalue weighted by Gasteiger charge is 2.26. The number of aromatic nitrogens is 2. The molecule has 1 fully saturated rings. The van der Waals surface area contributed by atoms with Gasteiger partial charge in [-0.3, -0.25) is 0 Å². The van der Waals surface area contributed by atoms with E-state index in [9.17, 15) is 0 Å². The molecule has 1 aliphatic rings. The Kier molecular flexibility index (Phi) is 2.54. The Morgan fingerprint density at radius 2 is 2.23 bits per heavy atom. The first-order valence-electron chi connectivity index (χ1n) is 4.90. The molecule has 13 heavy (non-hydrogen) atoms. The summed E-state index contributed by atoms with van der Waals surface area (Å²) in [7, 11) is 0. The van der Waals surface area contributed by atoms with Crippen LogP contribution in [-0.4, -0.2) is 22.6 Å². The summed E-state index contributed by atoms with van der Waals surface area (Å²) in [5, 5.41) is 3.50. The zero-order valence-corrected chi connectivity index (χ0v) is 7.90. The van der Waals surface area contributed by atoms with E-state index in [1.54, 1.807) is 6.33 Å². The third-order valence-corrected chi connectivity index (χ3v) is 2.80. The molecule has 2 rings (SSSR count). The Morgan fingerprint density at radius 3 is 2.92 bits per heavy atom. The fourth-order valence-corrected chi connectivity index (χ4v) is 2.10. The van der Waals surface area contributed by atoms with Gasteiger partial charge in [0.05, 0.1) is 0 Å². The standard InChI is InChI=1S/C10H15N3/c1-2-10-9(3-4-13-10)8-5-11-7-12-6-8/h5-7,9-10,13H,2-4H2,1H3. The average Bonchev–Trinajstić information content (AvgIpc) is 2.67. The lowest BCUT2D eigenvalue weighted by Gasteiger charge is -2.16. The van der Waals surface area contributed by atoms with E-state index in [-0.39, 0.29) is 0 Å². The molecule has 0 aromatic carbocycles. The van der Waals surface area contributed by atoms with Gasteiger partial charge in [-0.2, -0.15) is 0 Å². The molecular formula is C10H15N3. The Bertz CT molecular complexity index is 260. The summed E-state index contributed by atoms with van der Waals surface area (Å²) in [5.74, 6) is 0.617. The molecule has 1 aromatic heterocycles. The van der Waals surface area contributed by atoms with Crippen molar-refractivity contribution in [2.24, 2.45) is 0 Å². The van der Waals surface area contributed by atoms with Crippen LogP contribution >= 0.6 is 0 Å². The number of nitrogens with one attached hydrogen (secondary N) is 1. The molecule has 0 radical (unpaired) electrons. The minimum atomic E-state index is 0.617. The fraction of sp³-hybridized carbons (Fsp3) is 0.600. The molecule has 0 spiro atoms. The van der Waals surface area contributed by atoms with Crippen LogP contribution in [0.5, 0.6) is 0 Å². The Morgan fingerprint density at radius 1 is 1.46 bits per heavy atom. The van der Waals surface area contributed by atoms with Crippen LogP contribution in [0.2, 0.25) is 0 Å². The van der Waals surface area contributed by atoms with Crippen LogP contribution in [0.15, 0.2) is 18.7 Å². The first-order valence-corrected chi connectivity index (χ1v) is 4.90. The van der Waals surface area contributed by atoms with Crippen molar-refractivity contribution in [3.05, 3.63) is 24.3 Å². The molecule has 2 unspecified atom stereocenters. The molecule has 1 aliphatic heterocycles. The van der Waals surface area contributed by atoms with E-state index in [0.717, 1.165) is 6.54 Å². The van der Waals surface area contributed by atoms with E-state index in [1.165, 1.54) is 18.4 Å². The second-order valence-electron chi connectivity index (χ2n) is 3.54.